The first kappa shape index (κ1) is 15.4. The van der Waals surface area contributed by atoms with E-state index in [9.17, 15) is 4.79 Å². The average molecular weight is 255 g/mol. The first-order chi connectivity index (χ1) is 8.37. The first-order valence-corrected chi connectivity index (χ1v) is 7.13. The van der Waals surface area contributed by atoms with Gasteiger partial charge >= 0.3 is 0 Å². The van der Waals surface area contributed by atoms with E-state index in [2.05, 4.69) is 43.2 Å². The number of carbonyl (C=O) groups is 1. The molecule has 0 bridgehead atoms. The Kier molecular flexibility index (Phi) is 6.09. The molecule has 18 heavy (non-hydrogen) atoms. The van der Waals surface area contributed by atoms with Gasteiger partial charge in [0, 0.05) is 31.1 Å². The molecule has 1 heterocycles. The Labute approximate surface area is 111 Å². The predicted octanol–water partition coefficient (Wildman–Crippen LogP) is 1.37. The van der Waals surface area contributed by atoms with Crippen LogP contribution >= 0.6 is 0 Å². The zero-order chi connectivity index (χ0) is 13.6. The van der Waals surface area contributed by atoms with Crippen LogP contribution in [0.3, 0.4) is 0 Å². The van der Waals surface area contributed by atoms with Crippen LogP contribution in [0.25, 0.3) is 0 Å². The third kappa shape index (κ3) is 6.97. The van der Waals surface area contributed by atoms with Crippen molar-refractivity contribution in [3.8, 4) is 0 Å². The Bertz CT molecular complexity index is 254. The van der Waals surface area contributed by atoms with Gasteiger partial charge in [0.25, 0.3) is 0 Å². The standard InChI is InChI=1S/C14H29N3O/c1-12(11-17-9-5-6-10-17)16-13(18)7-8-15-14(2,3)4/h12,15H,5-11H2,1-4H3,(H,16,18). The Morgan fingerprint density at radius 2 is 1.89 bits per heavy atom. The van der Waals surface area contributed by atoms with E-state index in [4.69, 9.17) is 0 Å². The van der Waals surface area contributed by atoms with Crippen LogP contribution in [-0.4, -0.2) is 48.6 Å². The highest BCUT2D eigenvalue weighted by molar-refractivity contribution is 5.76. The van der Waals surface area contributed by atoms with Crippen molar-refractivity contribution in [2.24, 2.45) is 0 Å². The van der Waals surface area contributed by atoms with Crippen LogP contribution in [0, 0.1) is 0 Å². The molecule has 4 heteroatoms. The molecule has 1 aliphatic heterocycles. The Balaban J connectivity index is 2.11. The van der Waals surface area contributed by atoms with E-state index in [1.807, 2.05) is 0 Å². The lowest BCUT2D eigenvalue weighted by Gasteiger charge is -2.22. The number of nitrogens with one attached hydrogen (secondary N) is 2. The van der Waals surface area contributed by atoms with Gasteiger partial charge in [-0.25, -0.2) is 0 Å². The number of carbonyl (C=O) groups excluding carboxylic acids is 1. The Morgan fingerprint density at radius 1 is 1.28 bits per heavy atom. The van der Waals surface area contributed by atoms with Gasteiger partial charge in [-0.1, -0.05) is 0 Å². The summed E-state index contributed by atoms with van der Waals surface area (Å²) in [5.41, 5.74) is 0.0848. The van der Waals surface area contributed by atoms with Gasteiger partial charge in [0.1, 0.15) is 0 Å². The van der Waals surface area contributed by atoms with Crippen molar-refractivity contribution < 1.29 is 4.79 Å². The molecule has 1 fully saturated rings. The molecule has 1 unspecified atom stereocenters. The van der Waals surface area contributed by atoms with Gasteiger partial charge in [-0.3, -0.25) is 4.79 Å². The van der Waals surface area contributed by atoms with Crippen LogP contribution in [-0.2, 0) is 4.79 Å². The van der Waals surface area contributed by atoms with Crippen molar-refractivity contribution in [2.75, 3.05) is 26.2 Å². The van der Waals surface area contributed by atoms with Gasteiger partial charge in [-0.15, -0.1) is 0 Å². The molecule has 1 aliphatic rings. The minimum Gasteiger partial charge on any atom is -0.352 e. The van der Waals surface area contributed by atoms with Gasteiger partial charge in [0.15, 0.2) is 0 Å². The molecule has 0 aromatic heterocycles. The fourth-order valence-electron chi connectivity index (χ4n) is 2.30. The third-order valence-corrected chi connectivity index (χ3v) is 3.15. The fraction of sp³-hybridized carbons (Fsp3) is 0.929. The summed E-state index contributed by atoms with van der Waals surface area (Å²) in [4.78, 5) is 14.2. The van der Waals surface area contributed by atoms with Crippen molar-refractivity contribution in [1.82, 2.24) is 15.5 Å². The SMILES string of the molecule is CC(CN1CCCC1)NC(=O)CCNC(C)(C)C. The molecule has 0 radical (unpaired) electrons. The van der Waals surface area contributed by atoms with E-state index in [1.165, 1.54) is 25.9 Å². The van der Waals surface area contributed by atoms with E-state index in [-0.39, 0.29) is 17.5 Å². The van der Waals surface area contributed by atoms with Gasteiger partial charge in [-0.2, -0.15) is 0 Å². The molecule has 0 aromatic carbocycles. The lowest BCUT2D eigenvalue weighted by atomic mass is 10.1. The zero-order valence-corrected chi connectivity index (χ0v) is 12.4. The van der Waals surface area contributed by atoms with Crippen molar-refractivity contribution in [2.45, 2.75) is 58.5 Å². The van der Waals surface area contributed by atoms with E-state index in [0.29, 0.717) is 6.42 Å². The normalized spacial score (nSPS) is 18.9. The third-order valence-electron chi connectivity index (χ3n) is 3.15. The number of rotatable bonds is 6. The molecule has 1 atom stereocenters. The molecule has 4 nitrogen and oxygen atoms in total. The molecule has 0 spiro atoms. The topological polar surface area (TPSA) is 44.4 Å². The maximum Gasteiger partial charge on any atom is 0.221 e. The average Bonchev–Trinajstić information content (AvgIpc) is 2.67. The van der Waals surface area contributed by atoms with Gasteiger partial charge < -0.3 is 15.5 Å². The summed E-state index contributed by atoms with van der Waals surface area (Å²) in [5.74, 6) is 0.151. The minimum atomic E-state index is 0.0848. The molecule has 0 saturated carbocycles. The van der Waals surface area contributed by atoms with Crippen LogP contribution in [0.4, 0.5) is 0 Å². The maximum absolute atomic E-state index is 11.7. The summed E-state index contributed by atoms with van der Waals surface area (Å²) >= 11 is 0. The largest absolute Gasteiger partial charge is 0.352 e. The lowest BCUT2D eigenvalue weighted by Crippen LogP contribution is -2.43. The van der Waals surface area contributed by atoms with Crippen LogP contribution in [0.1, 0.15) is 47.0 Å². The monoisotopic (exact) mass is 255 g/mol. The van der Waals surface area contributed by atoms with Gasteiger partial charge in [0.2, 0.25) is 5.91 Å². The molecular weight excluding hydrogens is 226 g/mol. The highest BCUT2D eigenvalue weighted by atomic mass is 16.1. The Hall–Kier alpha value is -0.610. The van der Waals surface area contributed by atoms with Crippen LogP contribution < -0.4 is 10.6 Å². The summed E-state index contributed by atoms with van der Waals surface area (Å²) in [7, 11) is 0. The quantitative estimate of drug-likeness (QED) is 0.753. The minimum absolute atomic E-state index is 0.0848. The summed E-state index contributed by atoms with van der Waals surface area (Å²) in [6, 6.07) is 0.255. The number of likely N-dealkylation sites (tertiary alicyclic amines) is 1. The number of amides is 1. The zero-order valence-electron chi connectivity index (χ0n) is 12.4. The molecule has 106 valence electrons. The second-order valence-electron chi connectivity index (χ2n) is 6.40. The van der Waals surface area contributed by atoms with Crippen LogP contribution in [0.5, 0.6) is 0 Å². The van der Waals surface area contributed by atoms with E-state index >= 15 is 0 Å². The smallest absolute Gasteiger partial charge is 0.221 e. The van der Waals surface area contributed by atoms with Crippen LogP contribution in [0.15, 0.2) is 0 Å². The lowest BCUT2D eigenvalue weighted by molar-refractivity contribution is -0.121. The first-order valence-electron chi connectivity index (χ1n) is 7.13. The van der Waals surface area contributed by atoms with E-state index in [1.54, 1.807) is 0 Å². The number of hydrogen-bond acceptors (Lipinski definition) is 3. The van der Waals surface area contributed by atoms with E-state index < -0.39 is 0 Å². The van der Waals surface area contributed by atoms with Gasteiger partial charge in [-0.05, 0) is 53.6 Å². The predicted molar refractivity (Wildman–Crippen MR) is 75.7 cm³/mol. The second kappa shape index (κ2) is 7.10. The summed E-state index contributed by atoms with van der Waals surface area (Å²) < 4.78 is 0. The molecule has 1 rings (SSSR count). The molecular formula is C14H29N3O. The van der Waals surface area contributed by atoms with Crippen molar-refractivity contribution >= 4 is 5.91 Å². The molecule has 0 aromatic rings. The second-order valence-corrected chi connectivity index (χ2v) is 6.40. The molecule has 1 saturated heterocycles. The molecule has 1 amide bonds. The maximum atomic E-state index is 11.7. The molecule has 2 N–H and O–H groups in total. The van der Waals surface area contributed by atoms with Crippen molar-refractivity contribution in [3.05, 3.63) is 0 Å². The number of hydrogen-bond donors (Lipinski definition) is 2. The van der Waals surface area contributed by atoms with Crippen molar-refractivity contribution in [3.63, 3.8) is 0 Å². The summed E-state index contributed by atoms with van der Waals surface area (Å²) in [6.07, 6.45) is 3.16. The van der Waals surface area contributed by atoms with E-state index in [0.717, 1.165) is 13.1 Å². The highest BCUT2D eigenvalue weighted by Crippen LogP contribution is 2.07. The summed E-state index contributed by atoms with van der Waals surface area (Å²) in [5, 5.41) is 6.40. The van der Waals surface area contributed by atoms with Crippen LogP contribution in [0.2, 0.25) is 0 Å². The highest BCUT2D eigenvalue weighted by Gasteiger charge is 2.16. The number of nitrogens with zero attached hydrogens (tertiary/aromatic N) is 1. The van der Waals surface area contributed by atoms with Gasteiger partial charge in [0.05, 0.1) is 0 Å². The fourth-order valence-corrected chi connectivity index (χ4v) is 2.30. The Morgan fingerprint density at radius 3 is 2.44 bits per heavy atom. The van der Waals surface area contributed by atoms with Crippen molar-refractivity contribution in [1.29, 1.82) is 0 Å². The molecule has 0 aliphatic carbocycles. The summed E-state index contributed by atoms with van der Waals surface area (Å²) in [6.45, 7) is 12.5.